The van der Waals surface area contributed by atoms with E-state index < -0.39 is 0 Å². The molecule has 0 radical (unpaired) electrons. The lowest BCUT2D eigenvalue weighted by Gasteiger charge is -2.18. The van der Waals surface area contributed by atoms with E-state index in [-0.39, 0.29) is 11.4 Å². The van der Waals surface area contributed by atoms with Crippen molar-refractivity contribution in [1.29, 1.82) is 0 Å². The quantitative estimate of drug-likeness (QED) is 0.606. The lowest BCUT2D eigenvalue weighted by atomic mass is 10.1. The van der Waals surface area contributed by atoms with Crippen LogP contribution in [0.5, 0.6) is 0 Å². The summed E-state index contributed by atoms with van der Waals surface area (Å²) in [4.78, 5) is 8.74. The van der Waals surface area contributed by atoms with Gasteiger partial charge in [-0.05, 0) is 30.5 Å². The van der Waals surface area contributed by atoms with Gasteiger partial charge in [0.25, 0.3) is 0 Å². The fourth-order valence-electron chi connectivity index (χ4n) is 3.34. The average molecular weight is 345 g/mol. The fraction of sp³-hybridized carbons (Fsp3) is 0.150. The third-order valence-corrected chi connectivity index (χ3v) is 4.88. The molecule has 2 heterocycles. The molecule has 0 aliphatic heterocycles. The maximum Gasteiger partial charge on any atom is 0.168 e. The second-order valence-corrected chi connectivity index (χ2v) is 6.54. The molecular formula is C20H16FN5. The molecule has 0 spiro atoms. The molecule has 128 valence electrons. The Morgan fingerprint density at radius 3 is 2.50 bits per heavy atom. The van der Waals surface area contributed by atoms with E-state index in [4.69, 9.17) is 0 Å². The van der Waals surface area contributed by atoms with E-state index in [0.29, 0.717) is 11.3 Å². The summed E-state index contributed by atoms with van der Waals surface area (Å²) in [7, 11) is 0. The van der Waals surface area contributed by atoms with Crippen molar-refractivity contribution < 1.29 is 4.39 Å². The fourth-order valence-corrected chi connectivity index (χ4v) is 3.34. The largest absolute Gasteiger partial charge is 0.360 e. The first-order chi connectivity index (χ1) is 12.8. The van der Waals surface area contributed by atoms with Crippen molar-refractivity contribution in [3.8, 4) is 5.69 Å². The van der Waals surface area contributed by atoms with Crippen molar-refractivity contribution in [3.63, 3.8) is 0 Å². The number of nitrogens with zero attached hydrogens (tertiary/aromatic N) is 4. The molecule has 0 amide bonds. The van der Waals surface area contributed by atoms with Crippen molar-refractivity contribution in [3.05, 3.63) is 78.5 Å². The van der Waals surface area contributed by atoms with Crippen molar-refractivity contribution in [2.45, 2.75) is 18.4 Å². The van der Waals surface area contributed by atoms with Crippen LogP contribution in [0.3, 0.4) is 0 Å². The van der Waals surface area contributed by atoms with Gasteiger partial charge >= 0.3 is 0 Å². The number of benzene rings is 2. The Labute approximate surface area is 149 Å². The third kappa shape index (κ3) is 2.34. The predicted octanol–water partition coefficient (Wildman–Crippen LogP) is 4.06. The number of fused-ring (bicyclic) bond motifs is 1. The molecule has 1 N–H and O–H groups in total. The van der Waals surface area contributed by atoms with Crippen molar-refractivity contribution >= 4 is 16.9 Å². The minimum atomic E-state index is -0.339. The zero-order valence-corrected chi connectivity index (χ0v) is 13.9. The molecule has 26 heavy (non-hydrogen) atoms. The zero-order valence-electron chi connectivity index (χ0n) is 13.9. The summed E-state index contributed by atoms with van der Waals surface area (Å²) in [6.07, 6.45) is 5.27. The van der Waals surface area contributed by atoms with E-state index in [1.807, 2.05) is 18.2 Å². The van der Waals surface area contributed by atoms with Gasteiger partial charge < -0.3 is 5.32 Å². The lowest BCUT2D eigenvalue weighted by molar-refractivity contribution is 0.612. The van der Waals surface area contributed by atoms with E-state index >= 15 is 0 Å². The van der Waals surface area contributed by atoms with E-state index in [0.717, 1.165) is 24.0 Å². The highest BCUT2D eigenvalue weighted by atomic mass is 19.1. The van der Waals surface area contributed by atoms with Gasteiger partial charge in [-0.2, -0.15) is 5.10 Å². The van der Waals surface area contributed by atoms with Crippen LogP contribution in [0.1, 0.15) is 18.4 Å². The molecule has 0 saturated heterocycles. The van der Waals surface area contributed by atoms with Crippen molar-refractivity contribution in [1.82, 2.24) is 19.7 Å². The molecule has 0 atom stereocenters. The minimum absolute atomic E-state index is 0.0946. The molecule has 1 saturated carbocycles. The standard InChI is InChI=1S/C20H16FN5/c21-16-8-4-5-9-17(16)26-19-15(12-24-26)18(22-13-23-19)25-20(10-11-20)14-6-2-1-3-7-14/h1-9,12-13H,10-11H2,(H,22,23,25). The topological polar surface area (TPSA) is 55.6 Å². The zero-order chi connectivity index (χ0) is 17.6. The van der Waals surface area contributed by atoms with Crippen LogP contribution in [0.25, 0.3) is 16.7 Å². The molecule has 1 aliphatic rings. The summed E-state index contributed by atoms with van der Waals surface area (Å²) in [5.74, 6) is 0.382. The molecule has 2 aromatic heterocycles. The van der Waals surface area contributed by atoms with Gasteiger partial charge in [0.1, 0.15) is 23.6 Å². The Morgan fingerprint density at radius 2 is 1.73 bits per heavy atom. The Hall–Kier alpha value is -3.28. The number of hydrogen-bond acceptors (Lipinski definition) is 4. The molecule has 5 nitrogen and oxygen atoms in total. The van der Waals surface area contributed by atoms with Crippen molar-refractivity contribution in [2.75, 3.05) is 5.32 Å². The number of rotatable bonds is 4. The maximum atomic E-state index is 14.2. The number of aromatic nitrogens is 4. The van der Waals surface area contributed by atoms with Crippen LogP contribution in [-0.4, -0.2) is 19.7 Å². The van der Waals surface area contributed by atoms with Gasteiger partial charge in [0.2, 0.25) is 0 Å². The average Bonchev–Trinajstić information content (AvgIpc) is 3.33. The third-order valence-electron chi connectivity index (χ3n) is 4.88. The number of nitrogens with one attached hydrogen (secondary N) is 1. The SMILES string of the molecule is Fc1ccccc1-n1ncc2c(NC3(c4ccccc4)CC3)ncnc21. The van der Waals surface area contributed by atoms with Gasteiger partial charge in [0, 0.05) is 0 Å². The Kier molecular flexibility index (Phi) is 3.25. The van der Waals surface area contributed by atoms with Gasteiger partial charge in [0.05, 0.1) is 17.1 Å². The summed E-state index contributed by atoms with van der Waals surface area (Å²) in [6, 6.07) is 16.9. The highest BCUT2D eigenvalue weighted by molar-refractivity contribution is 5.87. The van der Waals surface area contributed by atoms with E-state index in [2.05, 4.69) is 32.5 Å². The molecule has 0 bridgehead atoms. The second-order valence-electron chi connectivity index (χ2n) is 6.54. The van der Waals surface area contributed by atoms with Crippen LogP contribution < -0.4 is 5.32 Å². The summed E-state index contributed by atoms with van der Waals surface area (Å²) in [5.41, 5.74) is 2.10. The molecule has 6 heteroatoms. The second kappa shape index (κ2) is 5.62. The smallest absolute Gasteiger partial charge is 0.168 e. The first-order valence-electron chi connectivity index (χ1n) is 8.54. The number of halogens is 1. The van der Waals surface area contributed by atoms with Crippen LogP contribution in [0.2, 0.25) is 0 Å². The van der Waals surface area contributed by atoms with E-state index in [9.17, 15) is 4.39 Å². The van der Waals surface area contributed by atoms with Gasteiger partial charge in [-0.1, -0.05) is 42.5 Å². The van der Waals surface area contributed by atoms with Crippen LogP contribution in [0.15, 0.2) is 67.1 Å². The molecule has 4 aromatic rings. The molecule has 1 aliphatic carbocycles. The monoisotopic (exact) mass is 345 g/mol. The van der Waals surface area contributed by atoms with Gasteiger partial charge in [-0.15, -0.1) is 0 Å². The summed E-state index contributed by atoms with van der Waals surface area (Å²) >= 11 is 0. The van der Waals surface area contributed by atoms with Gasteiger partial charge in [-0.3, -0.25) is 0 Å². The molecule has 1 fully saturated rings. The van der Waals surface area contributed by atoms with Crippen molar-refractivity contribution in [2.24, 2.45) is 0 Å². The highest BCUT2D eigenvalue weighted by Crippen LogP contribution is 2.48. The molecule has 5 rings (SSSR count). The maximum absolute atomic E-state index is 14.2. The Bertz CT molecular complexity index is 1090. The highest BCUT2D eigenvalue weighted by Gasteiger charge is 2.44. The Morgan fingerprint density at radius 1 is 0.962 bits per heavy atom. The number of anilines is 1. The summed E-state index contributed by atoms with van der Waals surface area (Å²) < 4.78 is 15.7. The van der Waals surface area contributed by atoms with E-state index in [1.54, 1.807) is 24.4 Å². The minimum Gasteiger partial charge on any atom is -0.360 e. The predicted molar refractivity (Wildman–Crippen MR) is 97.6 cm³/mol. The Balaban J connectivity index is 1.58. The lowest BCUT2D eigenvalue weighted by Crippen LogP contribution is -2.19. The van der Waals surface area contributed by atoms with Crippen LogP contribution in [0.4, 0.5) is 10.2 Å². The van der Waals surface area contributed by atoms with Crippen LogP contribution >= 0.6 is 0 Å². The van der Waals surface area contributed by atoms with Gasteiger partial charge in [0.15, 0.2) is 5.65 Å². The summed E-state index contributed by atoms with van der Waals surface area (Å²) in [5, 5.41) is 8.69. The van der Waals surface area contributed by atoms with Gasteiger partial charge in [-0.25, -0.2) is 19.0 Å². The molecule has 2 aromatic carbocycles. The van der Waals surface area contributed by atoms with Crippen LogP contribution in [-0.2, 0) is 5.54 Å². The summed E-state index contributed by atoms with van der Waals surface area (Å²) in [6.45, 7) is 0. The van der Waals surface area contributed by atoms with E-state index in [1.165, 1.54) is 22.6 Å². The van der Waals surface area contributed by atoms with Crippen LogP contribution in [0, 0.1) is 5.82 Å². The first-order valence-corrected chi connectivity index (χ1v) is 8.54. The number of hydrogen-bond donors (Lipinski definition) is 1. The normalized spacial score (nSPS) is 15.1. The molecule has 0 unspecified atom stereocenters. The molecular weight excluding hydrogens is 329 g/mol. The number of para-hydroxylation sites is 1. The first kappa shape index (κ1) is 15.0.